The highest BCUT2D eigenvalue weighted by Gasteiger charge is 2.43. The van der Waals surface area contributed by atoms with Gasteiger partial charge < -0.3 is 29.3 Å². The summed E-state index contributed by atoms with van der Waals surface area (Å²) in [5.41, 5.74) is -0.627. The van der Waals surface area contributed by atoms with E-state index in [-0.39, 0.29) is 6.54 Å². The highest BCUT2D eigenvalue weighted by Crippen LogP contribution is 2.29. The minimum Gasteiger partial charge on any atom is -0.493 e. The van der Waals surface area contributed by atoms with Crippen LogP contribution in [0.2, 0.25) is 0 Å². The normalized spacial score (nSPS) is 24.3. The lowest BCUT2D eigenvalue weighted by Gasteiger charge is -2.18. The van der Waals surface area contributed by atoms with Crippen molar-refractivity contribution < 1.29 is 29.3 Å². The Bertz CT molecular complexity index is 1150. The van der Waals surface area contributed by atoms with E-state index in [1.165, 1.54) is 13.3 Å². The smallest absolute Gasteiger partial charge is 0.333 e. The summed E-state index contributed by atoms with van der Waals surface area (Å²) in [6.45, 7) is -0.719. The fourth-order valence-corrected chi connectivity index (χ4v) is 3.39. The summed E-state index contributed by atoms with van der Waals surface area (Å²) < 4.78 is 17.8. The van der Waals surface area contributed by atoms with Gasteiger partial charge >= 0.3 is 5.69 Å². The van der Waals surface area contributed by atoms with E-state index in [1.807, 2.05) is 0 Å². The average molecular weight is 405 g/mol. The molecule has 0 aliphatic carbocycles. The molecule has 4 atom stereocenters. The zero-order valence-electron chi connectivity index (χ0n) is 15.3. The first-order chi connectivity index (χ1) is 14.0. The van der Waals surface area contributed by atoms with Gasteiger partial charge in [0.2, 0.25) is 5.58 Å². The molecule has 1 aliphatic rings. The third-order valence-electron chi connectivity index (χ3n) is 4.95. The molecule has 0 amide bonds. The van der Waals surface area contributed by atoms with E-state index in [2.05, 4.69) is 5.16 Å². The minimum atomic E-state index is -1.45. The summed E-state index contributed by atoms with van der Waals surface area (Å²) in [5.74, 6) is 0.464. The Hall–Kier alpha value is -2.99. The van der Waals surface area contributed by atoms with Crippen LogP contribution in [0.25, 0.3) is 11.0 Å². The maximum Gasteiger partial charge on any atom is 0.333 e. The van der Waals surface area contributed by atoms with E-state index in [4.69, 9.17) is 14.0 Å². The summed E-state index contributed by atoms with van der Waals surface area (Å²) in [5, 5.41) is 33.9. The Labute approximate surface area is 162 Å². The number of hydrogen-bond donors (Lipinski definition) is 3. The molecule has 0 saturated carbocycles. The van der Waals surface area contributed by atoms with Crippen LogP contribution in [0.15, 0.2) is 44.6 Å². The predicted octanol–water partition coefficient (Wildman–Crippen LogP) is -1.18. The third kappa shape index (κ3) is 3.13. The summed E-state index contributed by atoms with van der Waals surface area (Å²) >= 11 is 0. The topological polar surface area (TPSA) is 149 Å². The number of methoxy groups -OCH3 is 1. The van der Waals surface area contributed by atoms with Crippen LogP contribution in [-0.4, -0.2) is 61.6 Å². The SMILES string of the molecule is COc1cccc2c(Cn3c(=O)ccn([C@@H]4O[C@H](CO)[C@H](O)C4O)c3=O)noc12. The maximum atomic E-state index is 12.9. The van der Waals surface area contributed by atoms with Gasteiger partial charge in [0.1, 0.15) is 24.0 Å². The molecule has 3 heterocycles. The van der Waals surface area contributed by atoms with Crippen molar-refractivity contribution in [2.75, 3.05) is 13.7 Å². The Morgan fingerprint density at radius 2 is 2.00 bits per heavy atom. The number of aliphatic hydroxyl groups is 3. The molecule has 3 aromatic rings. The first kappa shape index (κ1) is 19.3. The maximum absolute atomic E-state index is 12.9. The summed E-state index contributed by atoms with van der Waals surface area (Å²) in [7, 11) is 1.48. The quantitative estimate of drug-likeness (QED) is 0.477. The first-order valence-electron chi connectivity index (χ1n) is 8.82. The number of ether oxygens (including phenoxy) is 2. The molecule has 1 saturated heterocycles. The van der Waals surface area contributed by atoms with E-state index in [9.17, 15) is 24.9 Å². The van der Waals surface area contributed by atoms with Crippen molar-refractivity contribution >= 4 is 11.0 Å². The summed E-state index contributed by atoms with van der Waals surface area (Å²) in [6.07, 6.45) is -3.95. The van der Waals surface area contributed by atoms with Crippen molar-refractivity contribution in [3.05, 3.63) is 57.0 Å². The van der Waals surface area contributed by atoms with Gasteiger partial charge in [-0.05, 0) is 12.1 Å². The standard InChI is InChI=1S/C18H19N3O8/c1-27-11-4-2-3-9-10(19-29-16(9)11)7-21-13(23)5-6-20(18(21)26)17-15(25)14(24)12(8-22)28-17/h2-6,12,14-15,17,22,24-25H,7-8H2,1H3/t12-,14+,15?,17-/m1/s1. The molecule has 0 radical (unpaired) electrons. The molecular weight excluding hydrogens is 386 g/mol. The monoisotopic (exact) mass is 405 g/mol. The van der Waals surface area contributed by atoms with E-state index < -0.39 is 42.4 Å². The Morgan fingerprint density at radius 3 is 2.69 bits per heavy atom. The fraction of sp³-hybridized carbons (Fsp3) is 0.389. The van der Waals surface area contributed by atoms with Crippen molar-refractivity contribution in [3.63, 3.8) is 0 Å². The number of aliphatic hydroxyl groups excluding tert-OH is 3. The molecule has 1 unspecified atom stereocenters. The zero-order chi connectivity index (χ0) is 20.7. The third-order valence-corrected chi connectivity index (χ3v) is 4.95. The number of aromatic nitrogens is 3. The summed E-state index contributed by atoms with van der Waals surface area (Å²) in [4.78, 5) is 25.2. The van der Waals surface area contributed by atoms with Crippen LogP contribution >= 0.6 is 0 Å². The van der Waals surface area contributed by atoms with Crippen LogP contribution in [0.1, 0.15) is 11.9 Å². The molecule has 4 rings (SSSR count). The van der Waals surface area contributed by atoms with Crippen LogP contribution in [0.5, 0.6) is 5.75 Å². The van der Waals surface area contributed by atoms with Gasteiger partial charge in [-0.25, -0.2) is 4.79 Å². The molecule has 0 spiro atoms. The zero-order valence-corrected chi connectivity index (χ0v) is 15.3. The first-order valence-corrected chi connectivity index (χ1v) is 8.82. The van der Waals surface area contributed by atoms with Crippen molar-refractivity contribution in [1.29, 1.82) is 0 Å². The second-order valence-electron chi connectivity index (χ2n) is 6.63. The van der Waals surface area contributed by atoms with Crippen LogP contribution < -0.4 is 16.0 Å². The molecule has 11 heteroatoms. The Kier molecular flexibility index (Phi) is 4.96. The molecule has 154 valence electrons. The molecule has 1 aliphatic heterocycles. The highest BCUT2D eigenvalue weighted by molar-refractivity contribution is 5.84. The number of fused-ring (bicyclic) bond motifs is 1. The Balaban J connectivity index is 1.74. The second-order valence-corrected chi connectivity index (χ2v) is 6.63. The number of rotatable bonds is 5. The number of benzene rings is 1. The van der Waals surface area contributed by atoms with Gasteiger partial charge in [0.05, 0.1) is 25.6 Å². The van der Waals surface area contributed by atoms with E-state index >= 15 is 0 Å². The van der Waals surface area contributed by atoms with E-state index in [0.29, 0.717) is 22.4 Å². The largest absolute Gasteiger partial charge is 0.493 e. The van der Waals surface area contributed by atoms with Crippen LogP contribution in [0.4, 0.5) is 0 Å². The van der Waals surface area contributed by atoms with Gasteiger partial charge in [-0.1, -0.05) is 11.2 Å². The molecule has 2 aromatic heterocycles. The average Bonchev–Trinajstić information content (AvgIpc) is 3.26. The molecule has 1 aromatic carbocycles. The fourth-order valence-electron chi connectivity index (χ4n) is 3.39. The Morgan fingerprint density at radius 1 is 1.21 bits per heavy atom. The predicted molar refractivity (Wildman–Crippen MR) is 97.6 cm³/mol. The van der Waals surface area contributed by atoms with Gasteiger partial charge in [0.15, 0.2) is 12.0 Å². The van der Waals surface area contributed by atoms with Gasteiger partial charge in [-0.15, -0.1) is 0 Å². The lowest BCUT2D eigenvalue weighted by atomic mass is 10.1. The van der Waals surface area contributed by atoms with Crippen molar-refractivity contribution in [3.8, 4) is 5.75 Å². The number of nitrogens with zero attached hydrogens (tertiary/aromatic N) is 3. The van der Waals surface area contributed by atoms with Crippen LogP contribution in [-0.2, 0) is 11.3 Å². The van der Waals surface area contributed by atoms with Crippen molar-refractivity contribution in [1.82, 2.24) is 14.3 Å². The second kappa shape index (κ2) is 7.44. The van der Waals surface area contributed by atoms with Crippen molar-refractivity contribution in [2.24, 2.45) is 0 Å². The highest BCUT2D eigenvalue weighted by atomic mass is 16.6. The molecule has 29 heavy (non-hydrogen) atoms. The minimum absolute atomic E-state index is 0.187. The van der Waals surface area contributed by atoms with Crippen molar-refractivity contribution in [2.45, 2.75) is 31.1 Å². The van der Waals surface area contributed by atoms with Gasteiger partial charge in [-0.3, -0.25) is 13.9 Å². The molecule has 0 bridgehead atoms. The number of para-hydroxylation sites is 1. The lowest BCUT2D eigenvalue weighted by molar-refractivity contribution is -0.0555. The lowest BCUT2D eigenvalue weighted by Crippen LogP contribution is -2.43. The van der Waals surface area contributed by atoms with Crippen LogP contribution in [0, 0.1) is 0 Å². The van der Waals surface area contributed by atoms with Crippen LogP contribution in [0.3, 0.4) is 0 Å². The van der Waals surface area contributed by atoms with Gasteiger partial charge in [0, 0.05) is 12.3 Å². The summed E-state index contributed by atoms with van der Waals surface area (Å²) in [6, 6.07) is 6.29. The van der Waals surface area contributed by atoms with Gasteiger partial charge in [0.25, 0.3) is 5.56 Å². The molecule has 3 N–H and O–H groups in total. The molecular formula is C18H19N3O8. The van der Waals surface area contributed by atoms with E-state index in [0.717, 1.165) is 15.2 Å². The number of hydrogen-bond acceptors (Lipinski definition) is 9. The van der Waals surface area contributed by atoms with E-state index in [1.54, 1.807) is 18.2 Å². The van der Waals surface area contributed by atoms with Gasteiger partial charge in [-0.2, -0.15) is 0 Å². The molecule has 11 nitrogen and oxygen atoms in total. The molecule has 1 fully saturated rings.